The van der Waals surface area contributed by atoms with Crippen LogP contribution in [0.15, 0.2) is 91.0 Å². The first kappa shape index (κ1) is 17.0. The van der Waals surface area contributed by atoms with Crippen LogP contribution in [0.5, 0.6) is 5.75 Å². The van der Waals surface area contributed by atoms with E-state index in [0.717, 1.165) is 17.9 Å². The van der Waals surface area contributed by atoms with Crippen LogP contribution >= 0.6 is 0 Å². The Kier molecular flexibility index (Phi) is 6.02. The fraction of sp³-hybridized carbons (Fsp3) is 0.130. The van der Waals surface area contributed by atoms with Crippen LogP contribution in [0.4, 0.5) is 0 Å². The first-order valence-electron chi connectivity index (χ1n) is 8.51. The minimum atomic E-state index is 0.171. The summed E-state index contributed by atoms with van der Waals surface area (Å²) < 4.78 is 5.39. The zero-order valence-electron chi connectivity index (χ0n) is 14.4. The summed E-state index contributed by atoms with van der Waals surface area (Å²) in [7, 11) is 1.70. The zero-order valence-corrected chi connectivity index (χ0v) is 14.4. The maximum absolute atomic E-state index is 5.39. The zero-order chi connectivity index (χ0) is 17.3. The third-order valence-corrected chi connectivity index (χ3v) is 4.14. The maximum atomic E-state index is 5.39. The van der Waals surface area contributed by atoms with E-state index in [0.29, 0.717) is 0 Å². The van der Waals surface area contributed by atoms with E-state index in [4.69, 9.17) is 4.74 Å². The summed E-state index contributed by atoms with van der Waals surface area (Å²) >= 11 is 0. The molecule has 0 aliphatic carbocycles. The Morgan fingerprint density at radius 3 is 1.96 bits per heavy atom. The summed E-state index contributed by atoms with van der Waals surface area (Å²) in [6.45, 7) is 0.770. The molecule has 0 saturated heterocycles. The van der Waals surface area contributed by atoms with Gasteiger partial charge in [-0.25, -0.2) is 0 Å². The highest BCUT2D eigenvalue weighted by Crippen LogP contribution is 2.22. The average Bonchev–Trinajstić information content (AvgIpc) is 2.69. The third kappa shape index (κ3) is 4.59. The number of nitrogens with one attached hydrogen (secondary N) is 1. The van der Waals surface area contributed by atoms with Crippen molar-refractivity contribution in [3.8, 4) is 5.75 Å². The van der Waals surface area contributed by atoms with E-state index in [9.17, 15) is 0 Å². The molecule has 0 aliphatic rings. The Hall–Kier alpha value is -2.84. The molecule has 126 valence electrons. The Bertz CT molecular complexity index is 757. The van der Waals surface area contributed by atoms with Crippen LogP contribution in [0.25, 0.3) is 6.08 Å². The van der Waals surface area contributed by atoms with E-state index in [1.165, 1.54) is 11.1 Å². The molecule has 0 radical (unpaired) electrons. The number of hydrogen-bond donors (Lipinski definition) is 1. The number of rotatable bonds is 7. The van der Waals surface area contributed by atoms with E-state index in [1.54, 1.807) is 7.11 Å². The van der Waals surface area contributed by atoms with Gasteiger partial charge in [-0.05, 0) is 17.2 Å². The smallest absolute Gasteiger partial charge is 0.126 e. The van der Waals surface area contributed by atoms with E-state index in [-0.39, 0.29) is 6.04 Å². The quantitative estimate of drug-likeness (QED) is 0.652. The maximum Gasteiger partial charge on any atom is 0.126 e. The van der Waals surface area contributed by atoms with Crippen molar-refractivity contribution in [1.29, 1.82) is 0 Å². The van der Waals surface area contributed by atoms with Crippen LogP contribution in [-0.2, 0) is 0 Å². The number of para-hydroxylation sites is 1. The van der Waals surface area contributed by atoms with Crippen molar-refractivity contribution < 1.29 is 4.74 Å². The minimum Gasteiger partial charge on any atom is -0.496 e. The van der Waals surface area contributed by atoms with Gasteiger partial charge in [-0.2, -0.15) is 0 Å². The molecule has 0 spiro atoms. The van der Waals surface area contributed by atoms with Crippen LogP contribution in [0, 0.1) is 0 Å². The van der Waals surface area contributed by atoms with Crippen molar-refractivity contribution in [1.82, 2.24) is 5.32 Å². The molecule has 25 heavy (non-hydrogen) atoms. The molecule has 3 aromatic carbocycles. The first-order valence-corrected chi connectivity index (χ1v) is 8.51. The number of methoxy groups -OCH3 is 1. The van der Waals surface area contributed by atoms with Crippen molar-refractivity contribution in [3.63, 3.8) is 0 Å². The van der Waals surface area contributed by atoms with Crippen LogP contribution in [0.2, 0.25) is 0 Å². The molecule has 0 fully saturated rings. The fourth-order valence-corrected chi connectivity index (χ4v) is 2.90. The second kappa shape index (κ2) is 8.86. The van der Waals surface area contributed by atoms with Gasteiger partial charge in [0.2, 0.25) is 0 Å². The Balaban J connectivity index is 1.72. The lowest BCUT2D eigenvalue weighted by Crippen LogP contribution is -2.22. The standard InChI is InChI=1S/C23H23NO/c1-25-22-17-9-8-11-19(22)16-10-18-24-23(20-12-4-2-5-13-20)21-14-6-3-7-15-21/h2-17,23-24H,18H2,1H3. The third-order valence-electron chi connectivity index (χ3n) is 4.14. The van der Waals surface area contributed by atoms with Gasteiger partial charge in [0.15, 0.2) is 0 Å². The van der Waals surface area contributed by atoms with Gasteiger partial charge in [-0.3, -0.25) is 0 Å². The van der Waals surface area contributed by atoms with Crippen molar-refractivity contribution in [3.05, 3.63) is 108 Å². The normalized spacial score (nSPS) is 11.1. The molecule has 1 N–H and O–H groups in total. The van der Waals surface area contributed by atoms with E-state index >= 15 is 0 Å². The van der Waals surface area contributed by atoms with Crippen LogP contribution in [0.1, 0.15) is 22.7 Å². The summed E-state index contributed by atoms with van der Waals surface area (Å²) in [4.78, 5) is 0. The lowest BCUT2D eigenvalue weighted by molar-refractivity contribution is 0.414. The average molecular weight is 329 g/mol. The van der Waals surface area contributed by atoms with Gasteiger partial charge < -0.3 is 10.1 Å². The summed E-state index contributed by atoms with van der Waals surface area (Å²) in [5.41, 5.74) is 3.61. The second-order valence-corrected chi connectivity index (χ2v) is 5.81. The molecular formula is C23H23NO. The van der Waals surface area contributed by atoms with Gasteiger partial charge in [0, 0.05) is 12.1 Å². The van der Waals surface area contributed by atoms with Gasteiger partial charge >= 0.3 is 0 Å². The van der Waals surface area contributed by atoms with Crippen molar-refractivity contribution in [2.45, 2.75) is 6.04 Å². The number of ether oxygens (including phenoxy) is 1. The van der Waals surface area contributed by atoms with Crippen LogP contribution in [-0.4, -0.2) is 13.7 Å². The highest BCUT2D eigenvalue weighted by Gasteiger charge is 2.11. The monoisotopic (exact) mass is 329 g/mol. The fourth-order valence-electron chi connectivity index (χ4n) is 2.90. The number of benzene rings is 3. The second-order valence-electron chi connectivity index (χ2n) is 5.81. The van der Waals surface area contributed by atoms with Crippen LogP contribution < -0.4 is 10.1 Å². The van der Waals surface area contributed by atoms with Gasteiger partial charge in [0.25, 0.3) is 0 Å². The topological polar surface area (TPSA) is 21.3 Å². The van der Waals surface area contributed by atoms with Crippen molar-refractivity contribution in [2.24, 2.45) is 0 Å². The Labute approximate surface area is 149 Å². The largest absolute Gasteiger partial charge is 0.496 e. The molecule has 0 aliphatic heterocycles. The minimum absolute atomic E-state index is 0.171. The molecule has 3 rings (SSSR count). The molecule has 0 aromatic heterocycles. The highest BCUT2D eigenvalue weighted by molar-refractivity contribution is 5.57. The molecule has 0 bridgehead atoms. The first-order chi connectivity index (χ1) is 12.4. The molecule has 2 nitrogen and oxygen atoms in total. The van der Waals surface area contributed by atoms with Crippen LogP contribution in [0.3, 0.4) is 0 Å². The molecular weight excluding hydrogens is 306 g/mol. The summed E-state index contributed by atoms with van der Waals surface area (Å²) in [6, 6.07) is 29.3. The summed E-state index contributed by atoms with van der Waals surface area (Å²) in [5, 5.41) is 3.63. The Morgan fingerprint density at radius 1 is 0.800 bits per heavy atom. The van der Waals surface area contributed by atoms with Gasteiger partial charge in [-0.15, -0.1) is 0 Å². The lowest BCUT2D eigenvalue weighted by atomic mass is 9.99. The predicted octanol–water partition coefficient (Wildman–Crippen LogP) is 5.09. The SMILES string of the molecule is COc1ccccc1C=CCNC(c1ccccc1)c1ccccc1. The molecule has 0 atom stereocenters. The van der Waals surface area contributed by atoms with Gasteiger partial charge in [0.1, 0.15) is 5.75 Å². The lowest BCUT2D eigenvalue weighted by Gasteiger charge is -2.19. The molecule has 0 saturated carbocycles. The number of hydrogen-bond acceptors (Lipinski definition) is 2. The predicted molar refractivity (Wildman–Crippen MR) is 105 cm³/mol. The van der Waals surface area contributed by atoms with Crippen molar-refractivity contribution in [2.75, 3.05) is 13.7 Å². The van der Waals surface area contributed by atoms with Gasteiger partial charge in [0.05, 0.1) is 13.2 Å². The van der Waals surface area contributed by atoms with Crippen molar-refractivity contribution >= 4 is 6.08 Å². The Morgan fingerprint density at radius 2 is 1.36 bits per heavy atom. The van der Waals surface area contributed by atoms with Gasteiger partial charge in [-0.1, -0.05) is 91.0 Å². The summed E-state index contributed by atoms with van der Waals surface area (Å²) in [5.74, 6) is 0.890. The molecule has 0 amide bonds. The highest BCUT2D eigenvalue weighted by atomic mass is 16.5. The van der Waals surface area contributed by atoms with E-state index in [1.807, 2.05) is 30.3 Å². The van der Waals surface area contributed by atoms with E-state index < -0.39 is 0 Å². The molecule has 0 unspecified atom stereocenters. The summed E-state index contributed by atoms with van der Waals surface area (Å²) in [6.07, 6.45) is 4.23. The molecule has 0 heterocycles. The molecule has 3 aromatic rings. The molecule has 2 heteroatoms. The van der Waals surface area contributed by atoms with E-state index in [2.05, 4.69) is 72.1 Å².